The smallest absolute Gasteiger partial charge is 0.373 e. The standard InChI is InChI=1S/C7H13F5O3Si/c1-13-16(14-2,15-3)7(11,12)5-4-6(8,9)10/h4-5H2,1-3H3. The summed E-state index contributed by atoms with van der Waals surface area (Å²) < 4.78 is 75.8. The van der Waals surface area contributed by atoms with Crippen molar-refractivity contribution in [3.05, 3.63) is 0 Å². The van der Waals surface area contributed by atoms with Crippen LogP contribution in [-0.4, -0.2) is 41.9 Å². The van der Waals surface area contributed by atoms with Crippen LogP contribution in [0.25, 0.3) is 0 Å². The lowest BCUT2D eigenvalue weighted by atomic mass is 10.3. The minimum Gasteiger partial charge on any atom is -0.373 e. The SMILES string of the molecule is CO[Si](OC)(OC)C(F)(F)CCC(F)(F)F. The highest BCUT2D eigenvalue weighted by Crippen LogP contribution is 2.36. The van der Waals surface area contributed by atoms with Gasteiger partial charge in [-0.15, -0.1) is 0 Å². The van der Waals surface area contributed by atoms with Crippen molar-refractivity contribution in [1.82, 2.24) is 0 Å². The Hall–Kier alpha value is -0.253. The molecule has 98 valence electrons. The molecular weight excluding hydrogens is 255 g/mol. The van der Waals surface area contributed by atoms with Crippen molar-refractivity contribution in [3.8, 4) is 0 Å². The molecule has 0 radical (unpaired) electrons. The Morgan fingerprint density at radius 2 is 1.19 bits per heavy atom. The Balaban J connectivity index is 4.73. The molecule has 0 unspecified atom stereocenters. The van der Waals surface area contributed by atoms with Gasteiger partial charge in [0.05, 0.1) is 0 Å². The zero-order chi connectivity index (χ0) is 13.0. The fourth-order valence-corrected chi connectivity index (χ4v) is 2.98. The van der Waals surface area contributed by atoms with E-state index in [4.69, 9.17) is 0 Å². The quantitative estimate of drug-likeness (QED) is 0.547. The number of halogens is 5. The van der Waals surface area contributed by atoms with Crippen LogP contribution >= 0.6 is 0 Å². The topological polar surface area (TPSA) is 27.7 Å². The van der Waals surface area contributed by atoms with Gasteiger partial charge in [-0.25, -0.2) is 8.78 Å². The van der Waals surface area contributed by atoms with Crippen LogP contribution in [0.3, 0.4) is 0 Å². The van der Waals surface area contributed by atoms with Gasteiger partial charge in [0.15, 0.2) is 0 Å². The molecule has 0 saturated heterocycles. The van der Waals surface area contributed by atoms with Crippen molar-refractivity contribution in [2.24, 2.45) is 0 Å². The van der Waals surface area contributed by atoms with E-state index in [9.17, 15) is 22.0 Å². The first-order chi connectivity index (χ1) is 7.14. The summed E-state index contributed by atoms with van der Waals surface area (Å²) in [5.41, 5.74) is -3.78. The van der Waals surface area contributed by atoms with E-state index in [0.717, 1.165) is 21.3 Å². The van der Waals surface area contributed by atoms with Gasteiger partial charge in [0, 0.05) is 34.2 Å². The van der Waals surface area contributed by atoms with Crippen LogP contribution in [0.15, 0.2) is 0 Å². The van der Waals surface area contributed by atoms with Crippen LogP contribution in [0, 0.1) is 0 Å². The number of hydrogen-bond donors (Lipinski definition) is 0. The summed E-state index contributed by atoms with van der Waals surface area (Å²) in [6.07, 6.45) is -7.69. The molecule has 0 rings (SSSR count). The highest BCUT2D eigenvalue weighted by Gasteiger charge is 2.63. The second-order valence-electron chi connectivity index (χ2n) is 2.99. The summed E-state index contributed by atoms with van der Waals surface area (Å²) in [6.45, 7) is 0. The van der Waals surface area contributed by atoms with Crippen molar-refractivity contribution in [2.75, 3.05) is 21.3 Å². The minimum atomic E-state index is -4.65. The lowest BCUT2D eigenvalue weighted by Crippen LogP contribution is -2.59. The maximum atomic E-state index is 13.5. The van der Waals surface area contributed by atoms with Gasteiger partial charge in [-0.1, -0.05) is 0 Å². The molecule has 0 aliphatic carbocycles. The normalized spacial score (nSPS) is 14.2. The maximum Gasteiger partial charge on any atom is 0.573 e. The zero-order valence-electron chi connectivity index (χ0n) is 9.03. The van der Waals surface area contributed by atoms with Gasteiger partial charge >= 0.3 is 20.5 Å². The van der Waals surface area contributed by atoms with Crippen LogP contribution in [0.1, 0.15) is 12.8 Å². The second kappa shape index (κ2) is 5.39. The molecule has 0 spiro atoms. The first-order valence-corrected chi connectivity index (χ1v) is 5.96. The molecule has 0 saturated carbocycles. The fraction of sp³-hybridized carbons (Fsp3) is 1.00. The van der Waals surface area contributed by atoms with E-state index < -0.39 is 33.4 Å². The monoisotopic (exact) mass is 268 g/mol. The molecule has 0 N–H and O–H groups in total. The number of rotatable bonds is 6. The lowest BCUT2D eigenvalue weighted by Gasteiger charge is -2.31. The van der Waals surface area contributed by atoms with Crippen molar-refractivity contribution in [1.29, 1.82) is 0 Å². The van der Waals surface area contributed by atoms with Gasteiger partial charge in [0.1, 0.15) is 0 Å². The molecule has 0 heterocycles. The van der Waals surface area contributed by atoms with Gasteiger partial charge < -0.3 is 13.3 Å². The number of alkyl halides is 5. The highest BCUT2D eigenvalue weighted by molar-refractivity contribution is 6.63. The molecule has 0 aromatic rings. The molecule has 3 nitrogen and oxygen atoms in total. The van der Waals surface area contributed by atoms with Gasteiger partial charge in [-0.05, 0) is 0 Å². The molecule has 0 fully saturated rings. The summed E-state index contributed by atoms with van der Waals surface area (Å²) in [4.78, 5) is 0. The summed E-state index contributed by atoms with van der Waals surface area (Å²) >= 11 is 0. The van der Waals surface area contributed by atoms with Gasteiger partial charge in [-0.3, -0.25) is 0 Å². The Morgan fingerprint density at radius 3 is 1.44 bits per heavy atom. The highest BCUT2D eigenvalue weighted by atomic mass is 28.4. The van der Waals surface area contributed by atoms with Crippen LogP contribution < -0.4 is 0 Å². The zero-order valence-corrected chi connectivity index (χ0v) is 10.0. The van der Waals surface area contributed by atoms with E-state index in [2.05, 4.69) is 13.3 Å². The molecule has 0 atom stereocenters. The molecule has 0 bridgehead atoms. The van der Waals surface area contributed by atoms with Crippen molar-refractivity contribution < 1.29 is 35.2 Å². The third kappa shape index (κ3) is 3.65. The van der Waals surface area contributed by atoms with E-state index in [1.807, 2.05) is 0 Å². The van der Waals surface area contributed by atoms with Crippen molar-refractivity contribution in [3.63, 3.8) is 0 Å². The first kappa shape index (κ1) is 15.7. The van der Waals surface area contributed by atoms with E-state index in [1.165, 1.54) is 0 Å². The molecule has 0 aromatic heterocycles. The summed E-state index contributed by atoms with van der Waals surface area (Å²) in [5, 5.41) is 0. The Bertz CT molecular complexity index is 208. The molecule has 0 amide bonds. The second-order valence-corrected chi connectivity index (χ2v) is 6.06. The van der Waals surface area contributed by atoms with Gasteiger partial charge in [0.2, 0.25) is 0 Å². The molecule has 9 heteroatoms. The molecule has 16 heavy (non-hydrogen) atoms. The van der Waals surface area contributed by atoms with Crippen LogP contribution in [0.4, 0.5) is 22.0 Å². The summed E-state index contributed by atoms with van der Waals surface area (Å²) in [7, 11) is -1.63. The number of hydrogen-bond acceptors (Lipinski definition) is 3. The molecular formula is C7H13F5O3Si. The Labute approximate surface area is 90.8 Å². The van der Waals surface area contributed by atoms with Crippen molar-refractivity contribution in [2.45, 2.75) is 24.6 Å². The van der Waals surface area contributed by atoms with Gasteiger partial charge in [0.25, 0.3) is 0 Å². The molecule has 0 aliphatic rings. The summed E-state index contributed by atoms with van der Waals surface area (Å²) in [6, 6.07) is 0. The van der Waals surface area contributed by atoms with E-state index in [-0.39, 0.29) is 0 Å². The lowest BCUT2D eigenvalue weighted by molar-refractivity contribution is -0.149. The predicted octanol–water partition coefficient (Wildman–Crippen LogP) is 2.38. The van der Waals surface area contributed by atoms with Crippen LogP contribution in [0.5, 0.6) is 0 Å². The third-order valence-electron chi connectivity index (χ3n) is 1.98. The van der Waals surface area contributed by atoms with E-state index in [0.29, 0.717) is 0 Å². The first-order valence-electron chi connectivity index (χ1n) is 4.24. The fourth-order valence-electron chi connectivity index (χ4n) is 1.15. The van der Waals surface area contributed by atoms with Crippen molar-refractivity contribution >= 4 is 8.80 Å². The average molecular weight is 268 g/mol. The molecule has 0 aliphatic heterocycles. The van der Waals surface area contributed by atoms with Crippen LogP contribution in [0.2, 0.25) is 0 Å². The Kier molecular flexibility index (Phi) is 5.30. The summed E-state index contributed by atoms with van der Waals surface area (Å²) in [5.74, 6) is 0. The van der Waals surface area contributed by atoms with Gasteiger partial charge in [-0.2, -0.15) is 13.2 Å². The average Bonchev–Trinajstić information content (AvgIpc) is 2.17. The van der Waals surface area contributed by atoms with Crippen LogP contribution in [-0.2, 0) is 13.3 Å². The predicted molar refractivity (Wildman–Crippen MR) is 47.0 cm³/mol. The Morgan fingerprint density at radius 1 is 0.812 bits per heavy atom. The third-order valence-corrected chi connectivity index (χ3v) is 4.73. The minimum absolute atomic E-state index is 0.917. The van der Waals surface area contributed by atoms with E-state index in [1.54, 1.807) is 0 Å². The largest absolute Gasteiger partial charge is 0.573 e. The maximum absolute atomic E-state index is 13.5. The van der Waals surface area contributed by atoms with E-state index >= 15 is 0 Å². The molecule has 0 aromatic carbocycles.